The van der Waals surface area contributed by atoms with E-state index in [9.17, 15) is 14.7 Å². The Morgan fingerprint density at radius 1 is 1.40 bits per heavy atom. The van der Waals surface area contributed by atoms with Gasteiger partial charge in [0.1, 0.15) is 0 Å². The van der Waals surface area contributed by atoms with Crippen molar-refractivity contribution >= 4 is 12.0 Å². The Hall–Kier alpha value is -1.30. The van der Waals surface area contributed by atoms with Gasteiger partial charge in [-0.1, -0.05) is 27.7 Å². The molecule has 0 radical (unpaired) electrons. The van der Waals surface area contributed by atoms with Crippen LogP contribution in [0.3, 0.4) is 0 Å². The summed E-state index contributed by atoms with van der Waals surface area (Å²) in [7, 11) is 0. The van der Waals surface area contributed by atoms with Crippen LogP contribution in [-0.2, 0) is 4.79 Å². The van der Waals surface area contributed by atoms with Crippen molar-refractivity contribution in [2.45, 2.75) is 52.7 Å². The third-order valence-corrected chi connectivity index (χ3v) is 3.93. The van der Waals surface area contributed by atoms with Crippen LogP contribution < -0.4 is 5.32 Å². The second-order valence-electron chi connectivity index (χ2n) is 6.75. The number of carbonyl (C=O) groups is 2. The Labute approximate surface area is 120 Å². The number of likely N-dealkylation sites (tertiary alicyclic amines) is 1. The van der Waals surface area contributed by atoms with E-state index in [2.05, 4.69) is 5.32 Å². The van der Waals surface area contributed by atoms with E-state index in [0.29, 0.717) is 13.1 Å². The van der Waals surface area contributed by atoms with Gasteiger partial charge in [0.15, 0.2) is 0 Å². The molecule has 3 atom stereocenters. The third-order valence-electron chi connectivity index (χ3n) is 3.93. The lowest BCUT2D eigenvalue weighted by atomic mass is 9.85. The quantitative estimate of drug-likeness (QED) is 0.729. The highest BCUT2D eigenvalue weighted by atomic mass is 16.4. The number of β-amino-alcohol motifs (C(OH)–C–C–N with tert-alkyl or cyclic N) is 1. The highest BCUT2D eigenvalue weighted by Gasteiger charge is 2.32. The summed E-state index contributed by atoms with van der Waals surface area (Å²) in [6.07, 6.45) is 0.137. The van der Waals surface area contributed by atoms with E-state index in [1.807, 2.05) is 27.7 Å². The predicted octanol–water partition coefficient (Wildman–Crippen LogP) is 1.29. The first-order valence-electron chi connectivity index (χ1n) is 7.06. The lowest BCUT2D eigenvalue weighted by Gasteiger charge is -2.37. The number of rotatable bonds is 3. The zero-order valence-corrected chi connectivity index (χ0v) is 12.7. The fraction of sp³-hybridized carbons (Fsp3) is 0.857. The van der Waals surface area contributed by atoms with E-state index in [1.165, 1.54) is 0 Å². The number of nitrogens with zero attached hydrogens (tertiary/aromatic N) is 1. The second-order valence-corrected chi connectivity index (χ2v) is 6.75. The fourth-order valence-corrected chi connectivity index (χ4v) is 2.22. The third kappa shape index (κ3) is 4.67. The molecule has 20 heavy (non-hydrogen) atoms. The highest BCUT2D eigenvalue weighted by Crippen LogP contribution is 2.23. The minimum atomic E-state index is -0.933. The molecule has 1 saturated heterocycles. The fourth-order valence-electron chi connectivity index (χ4n) is 2.22. The first-order valence-corrected chi connectivity index (χ1v) is 7.06. The van der Waals surface area contributed by atoms with E-state index >= 15 is 0 Å². The number of aliphatic hydroxyl groups excluding tert-OH is 1. The highest BCUT2D eigenvalue weighted by molar-refractivity contribution is 5.76. The minimum Gasteiger partial charge on any atom is -0.481 e. The summed E-state index contributed by atoms with van der Waals surface area (Å²) < 4.78 is 0. The zero-order chi connectivity index (χ0) is 15.5. The van der Waals surface area contributed by atoms with Crippen molar-refractivity contribution in [1.29, 1.82) is 0 Å². The van der Waals surface area contributed by atoms with Crippen LogP contribution in [0.5, 0.6) is 0 Å². The van der Waals surface area contributed by atoms with E-state index in [-0.39, 0.29) is 23.8 Å². The van der Waals surface area contributed by atoms with Crippen LogP contribution in [-0.4, -0.2) is 52.3 Å². The molecule has 0 aliphatic carbocycles. The second kappa shape index (κ2) is 6.43. The molecular formula is C14H26N2O4. The average Bonchev–Trinajstić information content (AvgIpc) is 2.30. The number of piperidine rings is 1. The number of aliphatic carboxylic acids is 1. The van der Waals surface area contributed by atoms with E-state index in [1.54, 1.807) is 4.90 Å². The first kappa shape index (κ1) is 16.8. The van der Waals surface area contributed by atoms with Crippen LogP contribution in [0.25, 0.3) is 0 Å². The summed E-state index contributed by atoms with van der Waals surface area (Å²) in [5.74, 6) is -0.742. The number of amides is 2. The van der Waals surface area contributed by atoms with Crippen molar-refractivity contribution in [2.24, 2.45) is 11.3 Å². The molecule has 1 aliphatic rings. The van der Waals surface area contributed by atoms with Gasteiger partial charge in [0.05, 0.1) is 12.5 Å². The molecule has 0 aromatic rings. The standard InChI is InChI=1S/C14H26N2O4/c1-9-5-6-16(8-10(9)17)13(20)15-11(7-12(18)19)14(2,3)4/h9-11,17H,5-8H2,1-4H3,(H,15,20)(H,18,19). The summed E-state index contributed by atoms with van der Waals surface area (Å²) >= 11 is 0. The molecule has 1 rings (SSSR count). The maximum atomic E-state index is 12.2. The van der Waals surface area contributed by atoms with Crippen molar-refractivity contribution in [3.63, 3.8) is 0 Å². The number of hydrogen-bond acceptors (Lipinski definition) is 3. The SMILES string of the molecule is CC1CCN(C(=O)NC(CC(=O)O)C(C)(C)C)CC1O. The molecule has 0 bridgehead atoms. The predicted molar refractivity (Wildman–Crippen MR) is 75.4 cm³/mol. The summed E-state index contributed by atoms with van der Waals surface area (Å²) in [6.45, 7) is 8.54. The van der Waals surface area contributed by atoms with E-state index < -0.39 is 18.1 Å². The van der Waals surface area contributed by atoms with Gasteiger partial charge in [0.2, 0.25) is 0 Å². The van der Waals surface area contributed by atoms with Crippen molar-refractivity contribution in [3.05, 3.63) is 0 Å². The van der Waals surface area contributed by atoms with Crippen molar-refractivity contribution < 1.29 is 19.8 Å². The molecular weight excluding hydrogens is 260 g/mol. The van der Waals surface area contributed by atoms with Gasteiger partial charge in [-0.05, 0) is 17.8 Å². The number of carboxylic acid groups (broad SMARTS) is 1. The largest absolute Gasteiger partial charge is 0.481 e. The molecule has 116 valence electrons. The molecule has 6 nitrogen and oxygen atoms in total. The van der Waals surface area contributed by atoms with Gasteiger partial charge in [0.25, 0.3) is 0 Å². The number of carboxylic acids is 1. The summed E-state index contributed by atoms with van der Waals surface area (Å²) in [5, 5.41) is 21.6. The molecule has 0 saturated carbocycles. The lowest BCUT2D eigenvalue weighted by molar-refractivity contribution is -0.138. The molecule has 3 unspecified atom stereocenters. The normalized spacial score (nSPS) is 25.1. The minimum absolute atomic E-state index is 0.109. The van der Waals surface area contributed by atoms with Crippen molar-refractivity contribution in [1.82, 2.24) is 10.2 Å². The van der Waals surface area contributed by atoms with Gasteiger partial charge >= 0.3 is 12.0 Å². The zero-order valence-electron chi connectivity index (χ0n) is 12.7. The number of carbonyl (C=O) groups excluding carboxylic acids is 1. The maximum absolute atomic E-state index is 12.2. The lowest BCUT2D eigenvalue weighted by Crippen LogP contribution is -2.54. The number of aliphatic hydroxyl groups is 1. The smallest absolute Gasteiger partial charge is 0.317 e. The molecule has 1 heterocycles. The number of nitrogens with one attached hydrogen (secondary N) is 1. The monoisotopic (exact) mass is 286 g/mol. The molecule has 3 N–H and O–H groups in total. The van der Waals surface area contributed by atoms with Crippen LogP contribution in [0.2, 0.25) is 0 Å². The van der Waals surface area contributed by atoms with Crippen LogP contribution in [0, 0.1) is 11.3 Å². The Balaban J connectivity index is 2.64. The molecule has 1 fully saturated rings. The maximum Gasteiger partial charge on any atom is 0.317 e. The Morgan fingerprint density at radius 2 is 2.00 bits per heavy atom. The van der Waals surface area contributed by atoms with Crippen LogP contribution in [0.15, 0.2) is 0 Å². The summed E-state index contributed by atoms with van der Waals surface area (Å²) in [5.41, 5.74) is -0.338. The topological polar surface area (TPSA) is 89.9 Å². The van der Waals surface area contributed by atoms with Gasteiger partial charge in [-0.25, -0.2) is 4.79 Å². The van der Waals surface area contributed by atoms with Crippen molar-refractivity contribution in [3.8, 4) is 0 Å². The van der Waals surface area contributed by atoms with Gasteiger partial charge < -0.3 is 20.4 Å². The van der Waals surface area contributed by atoms with Gasteiger partial charge in [-0.15, -0.1) is 0 Å². The molecule has 2 amide bonds. The molecule has 6 heteroatoms. The first-order chi connectivity index (χ1) is 9.11. The van der Waals surface area contributed by atoms with Gasteiger partial charge in [-0.3, -0.25) is 4.79 Å². The van der Waals surface area contributed by atoms with Gasteiger partial charge in [-0.2, -0.15) is 0 Å². The molecule has 1 aliphatic heterocycles. The number of hydrogen-bond donors (Lipinski definition) is 3. The Kier molecular flexibility index (Phi) is 5.39. The molecule has 0 aromatic carbocycles. The van der Waals surface area contributed by atoms with Crippen LogP contribution >= 0.6 is 0 Å². The van der Waals surface area contributed by atoms with Crippen LogP contribution in [0.4, 0.5) is 4.79 Å². The van der Waals surface area contributed by atoms with Crippen molar-refractivity contribution in [2.75, 3.05) is 13.1 Å². The van der Waals surface area contributed by atoms with Gasteiger partial charge in [0, 0.05) is 19.1 Å². The molecule has 0 aromatic heterocycles. The summed E-state index contributed by atoms with van der Waals surface area (Å²) in [6, 6.07) is -0.735. The van der Waals surface area contributed by atoms with E-state index in [4.69, 9.17) is 5.11 Å². The van der Waals surface area contributed by atoms with E-state index in [0.717, 1.165) is 6.42 Å². The van der Waals surface area contributed by atoms with Crippen LogP contribution in [0.1, 0.15) is 40.5 Å². The Bertz CT molecular complexity index is 365. The summed E-state index contributed by atoms with van der Waals surface area (Å²) in [4.78, 5) is 24.7. The number of urea groups is 1. The molecule has 0 spiro atoms. The Morgan fingerprint density at radius 3 is 2.45 bits per heavy atom. The average molecular weight is 286 g/mol.